The van der Waals surface area contributed by atoms with Crippen molar-refractivity contribution >= 4 is 17.7 Å². The lowest BCUT2D eigenvalue weighted by atomic mass is 10.5. The summed E-state index contributed by atoms with van der Waals surface area (Å²) >= 11 is 1.23. The van der Waals surface area contributed by atoms with Crippen LogP contribution in [0.5, 0.6) is 0 Å². The molecule has 0 aliphatic carbocycles. The Bertz CT molecular complexity index is 568. The van der Waals surface area contributed by atoms with E-state index in [0.717, 1.165) is 0 Å². The smallest absolute Gasteiger partial charge is 0.251 e. The third-order valence-corrected chi connectivity index (χ3v) is 2.52. The van der Waals surface area contributed by atoms with Crippen molar-refractivity contribution < 1.29 is 0 Å². The highest BCUT2D eigenvalue weighted by Gasteiger charge is 2.03. The van der Waals surface area contributed by atoms with Gasteiger partial charge in [-0.15, -0.1) is 0 Å². The van der Waals surface area contributed by atoms with E-state index in [9.17, 15) is 4.79 Å². The van der Waals surface area contributed by atoms with Gasteiger partial charge in [-0.1, -0.05) is 0 Å². The van der Waals surface area contributed by atoms with Crippen molar-refractivity contribution in [1.29, 1.82) is 0 Å². The number of H-pyrrole nitrogens is 1. The highest BCUT2D eigenvalue weighted by Crippen LogP contribution is 2.21. The van der Waals surface area contributed by atoms with Gasteiger partial charge in [0.05, 0.1) is 0 Å². The largest absolute Gasteiger partial charge is 0.368 e. The molecule has 2 rings (SSSR count). The zero-order valence-electron chi connectivity index (χ0n) is 8.47. The van der Waals surface area contributed by atoms with Gasteiger partial charge in [0, 0.05) is 18.0 Å². The van der Waals surface area contributed by atoms with Gasteiger partial charge in [-0.05, 0) is 24.8 Å². The number of hydrogen-bond acceptors (Lipinski definition) is 6. The molecule has 0 spiro atoms. The number of aromatic nitrogens is 4. The average molecular weight is 235 g/mol. The molecule has 7 heteroatoms. The lowest BCUT2D eigenvalue weighted by molar-refractivity contribution is 0.901. The zero-order valence-corrected chi connectivity index (χ0v) is 9.28. The van der Waals surface area contributed by atoms with Crippen LogP contribution in [0.1, 0.15) is 5.69 Å². The van der Waals surface area contributed by atoms with Crippen LogP contribution in [-0.4, -0.2) is 19.9 Å². The Balaban J connectivity index is 2.30. The fraction of sp³-hybridized carbons (Fsp3) is 0.111. The van der Waals surface area contributed by atoms with Crippen LogP contribution in [-0.2, 0) is 0 Å². The van der Waals surface area contributed by atoms with Crippen molar-refractivity contribution in [2.45, 2.75) is 17.1 Å². The molecule has 0 aromatic carbocycles. The Morgan fingerprint density at radius 2 is 2.25 bits per heavy atom. The number of anilines is 1. The normalized spacial score (nSPS) is 10.3. The number of aryl methyl sites for hydroxylation is 1. The number of nitrogens with two attached hydrogens (primary N) is 1. The minimum atomic E-state index is -0.183. The monoisotopic (exact) mass is 235 g/mol. The molecule has 0 unspecified atom stereocenters. The first-order chi connectivity index (χ1) is 7.63. The summed E-state index contributed by atoms with van der Waals surface area (Å²) in [4.78, 5) is 25.8. The molecular formula is C9H9N5OS. The van der Waals surface area contributed by atoms with Crippen molar-refractivity contribution in [3.05, 3.63) is 34.4 Å². The second-order valence-corrected chi connectivity index (χ2v) is 4.06. The van der Waals surface area contributed by atoms with Crippen LogP contribution in [0, 0.1) is 6.92 Å². The predicted molar refractivity (Wildman–Crippen MR) is 60.2 cm³/mol. The molecule has 0 atom stereocenters. The van der Waals surface area contributed by atoms with Gasteiger partial charge < -0.3 is 10.7 Å². The molecule has 0 aliphatic heterocycles. The van der Waals surface area contributed by atoms with Crippen LogP contribution in [0.3, 0.4) is 0 Å². The topological polar surface area (TPSA) is 97.5 Å². The maximum absolute atomic E-state index is 11.2. The molecule has 0 bridgehead atoms. The second kappa shape index (κ2) is 4.31. The highest BCUT2D eigenvalue weighted by atomic mass is 32.2. The maximum Gasteiger partial charge on any atom is 0.251 e. The van der Waals surface area contributed by atoms with Gasteiger partial charge in [-0.25, -0.2) is 15.0 Å². The van der Waals surface area contributed by atoms with Gasteiger partial charge >= 0.3 is 0 Å². The molecule has 3 N–H and O–H groups in total. The minimum Gasteiger partial charge on any atom is -0.368 e. The van der Waals surface area contributed by atoms with Crippen LogP contribution in [0.15, 0.2) is 33.3 Å². The van der Waals surface area contributed by atoms with Gasteiger partial charge in [-0.3, -0.25) is 4.79 Å². The van der Waals surface area contributed by atoms with E-state index < -0.39 is 0 Å². The van der Waals surface area contributed by atoms with E-state index in [1.54, 1.807) is 19.2 Å². The second-order valence-electron chi connectivity index (χ2n) is 3.05. The van der Waals surface area contributed by atoms with E-state index in [0.29, 0.717) is 15.9 Å². The summed E-state index contributed by atoms with van der Waals surface area (Å²) in [7, 11) is 0. The molecule has 0 saturated carbocycles. The third-order valence-electron chi connectivity index (χ3n) is 1.70. The summed E-state index contributed by atoms with van der Waals surface area (Å²) in [6.07, 6.45) is 1.55. The Hall–Kier alpha value is -1.89. The number of rotatable bonds is 2. The van der Waals surface area contributed by atoms with E-state index in [2.05, 4.69) is 19.9 Å². The van der Waals surface area contributed by atoms with Crippen molar-refractivity contribution in [3.63, 3.8) is 0 Å². The van der Waals surface area contributed by atoms with E-state index in [-0.39, 0.29) is 11.5 Å². The van der Waals surface area contributed by atoms with Gasteiger partial charge in [0.1, 0.15) is 5.03 Å². The van der Waals surface area contributed by atoms with Crippen LogP contribution < -0.4 is 11.3 Å². The number of nitrogens with zero attached hydrogens (tertiary/aromatic N) is 3. The van der Waals surface area contributed by atoms with Crippen LogP contribution in [0.4, 0.5) is 5.95 Å². The first-order valence-corrected chi connectivity index (χ1v) is 5.29. The summed E-state index contributed by atoms with van der Waals surface area (Å²) in [6, 6.07) is 3.13. The maximum atomic E-state index is 11.2. The molecule has 0 amide bonds. The molecule has 2 aromatic rings. The number of nitrogen functional groups attached to an aromatic ring is 1. The van der Waals surface area contributed by atoms with Crippen LogP contribution >= 0.6 is 11.8 Å². The summed E-state index contributed by atoms with van der Waals surface area (Å²) < 4.78 is 0. The average Bonchev–Trinajstić information content (AvgIpc) is 2.15. The zero-order chi connectivity index (χ0) is 11.5. The standard InChI is InChI=1S/C9H9N5OS/c1-5-4-6(15)13-9(12-5)16-7-2-3-11-8(10)14-7/h2-4H,1H3,(H2,10,11,14)(H,12,13,15). The summed E-state index contributed by atoms with van der Waals surface area (Å²) in [5, 5.41) is 1.13. The van der Waals surface area contributed by atoms with Gasteiger partial charge in [0.25, 0.3) is 5.56 Å². The fourth-order valence-electron chi connectivity index (χ4n) is 1.11. The Labute approximate surface area is 95.4 Å². The predicted octanol–water partition coefficient (Wildman–Crippen LogP) is 0.602. The summed E-state index contributed by atoms with van der Waals surface area (Å²) in [6.45, 7) is 1.76. The fourth-order valence-corrected chi connectivity index (χ4v) is 1.92. The molecule has 82 valence electrons. The Morgan fingerprint density at radius 3 is 2.94 bits per heavy atom. The molecule has 0 radical (unpaired) electrons. The highest BCUT2D eigenvalue weighted by molar-refractivity contribution is 7.99. The van der Waals surface area contributed by atoms with Crippen molar-refractivity contribution in [2.75, 3.05) is 5.73 Å². The molecular weight excluding hydrogens is 226 g/mol. The van der Waals surface area contributed by atoms with Crippen molar-refractivity contribution in [3.8, 4) is 0 Å². The molecule has 0 saturated heterocycles. The minimum absolute atomic E-state index is 0.183. The Kier molecular flexibility index (Phi) is 2.86. The first kappa shape index (κ1) is 10.6. The SMILES string of the molecule is Cc1cc(=O)[nH]c(Sc2ccnc(N)n2)n1. The molecule has 2 aromatic heterocycles. The van der Waals surface area contributed by atoms with Crippen LogP contribution in [0.2, 0.25) is 0 Å². The van der Waals surface area contributed by atoms with Crippen molar-refractivity contribution in [2.24, 2.45) is 0 Å². The van der Waals surface area contributed by atoms with Gasteiger partial charge in [0.2, 0.25) is 5.95 Å². The lowest BCUT2D eigenvalue weighted by Gasteiger charge is -2.00. The number of hydrogen-bond donors (Lipinski definition) is 2. The Morgan fingerprint density at radius 1 is 1.44 bits per heavy atom. The van der Waals surface area contributed by atoms with Gasteiger partial charge in [0.15, 0.2) is 5.16 Å². The third kappa shape index (κ3) is 2.57. The van der Waals surface area contributed by atoms with E-state index in [1.165, 1.54) is 17.8 Å². The summed E-state index contributed by atoms with van der Waals surface area (Å²) in [5.41, 5.74) is 5.92. The van der Waals surface area contributed by atoms with Crippen molar-refractivity contribution in [1.82, 2.24) is 19.9 Å². The van der Waals surface area contributed by atoms with Gasteiger partial charge in [-0.2, -0.15) is 0 Å². The molecule has 6 nitrogen and oxygen atoms in total. The molecule has 0 aliphatic rings. The molecule has 16 heavy (non-hydrogen) atoms. The first-order valence-electron chi connectivity index (χ1n) is 4.48. The number of nitrogens with one attached hydrogen (secondary N) is 1. The van der Waals surface area contributed by atoms with Crippen LogP contribution in [0.25, 0.3) is 0 Å². The number of aromatic amines is 1. The summed E-state index contributed by atoms with van der Waals surface area (Å²) in [5.74, 6) is 0.194. The quantitative estimate of drug-likeness (QED) is 0.584. The van der Waals surface area contributed by atoms with E-state index in [1.807, 2.05) is 0 Å². The lowest BCUT2D eigenvalue weighted by Crippen LogP contribution is -2.08. The molecule has 0 fully saturated rings. The van der Waals surface area contributed by atoms with E-state index >= 15 is 0 Å². The molecule has 2 heterocycles. The van der Waals surface area contributed by atoms with E-state index in [4.69, 9.17) is 5.73 Å².